The third kappa shape index (κ3) is 3.84. The zero-order chi connectivity index (χ0) is 13.6. The summed E-state index contributed by atoms with van der Waals surface area (Å²) in [7, 11) is 0. The van der Waals surface area contributed by atoms with Gasteiger partial charge in [-0.25, -0.2) is 0 Å². The predicted molar refractivity (Wildman–Crippen MR) is 84.1 cm³/mol. The van der Waals surface area contributed by atoms with E-state index in [1.165, 1.54) is 32.1 Å². The zero-order valence-electron chi connectivity index (χ0n) is 12.0. The van der Waals surface area contributed by atoms with Gasteiger partial charge in [-0.05, 0) is 38.0 Å². The Morgan fingerprint density at radius 1 is 1.22 bits per heavy atom. The number of carbonyl (C=O) groups excluding carboxylic acids is 1. The number of hydrogen-bond acceptors (Lipinski definition) is 2. The van der Waals surface area contributed by atoms with Gasteiger partial charge in [0.25, 0.3) is 0 Å². The molecule has 0 radical (unpaired) electrons. The molecular weight excluding hydrogens is 339 g/mol. The average molecular weight is 366 g/mol. The molecule has 1 unspecified atom stereocenters. The Morgan fingerprint density at radius 3 is 2.22 bits per heavy atom. The smallest absolute Gasteiger partial charge is 0.319 e. The van der Waals surface area contributed by atoms with Crippen molar-refractivity contribution < 1.29 is 9.53 Å². The fraction of sp³-hybridized carbons (Fsp3) is 0.933. The van der Waals surface area contributed by atoms with Crippen LogP contribution in [0, 0.1) is 5.92 Å². The number of esters is 1. The number of hydrogen-bond donors (Lipinski definition) is 0. The first-order valence-electron chi connectivity index (χ1n) is 7.46. The largest absolute Gasteiger partial charge is 0.458 e. The molecule has 106 valence electrons. The Morgan fingerprint density at radius 2 is 1.78 bits per heavy atom. The van der Waals surface area contributed by atoms with Gasteiger partial charge in [-0.2, -0.15) is 0 Å². The number of ether oxygens (including phenoxy) is 1. The normalized spacial score (nSPS) is 19.6. The molecule has 1 fully saturated rings. The van der Waals surface area contributed by atoms with E-state index in [2.05, 4.69) is 36.4 Å². The van der Waals surface area contributed by atoms with E-state index in [-0.39, 0.29) is 15.5 Å². The molecule has 0 aromatic rings. The first kappa shape index (κ1) is 16.3. The van der Waals surface area contributed by atoms with Crippen LogP contribution in [0.3, 0.4) is 0 Å². The highest BCUT2D eigenvalue weighted by atomic mass is 127. The number of alkyl halides is 1. The minimum absolute atomic E-state index is 0.00339. The third-order valence-corrected chi connectivity index (χ3v) is 5.85. The van der Waals surface area contributed by atoms with Crippen LogP contribution in [-0.2, 0) is 9.53 Å². The van der Waals surface area contributed by atoms with Gasteiger partial charge < -0.3 is 4.74 Å². The molecule has 1 aliphatic carbocycles. The molecule has 0 aromatic heterocycles. The maximum absolute atomic E-state index is 12.1. The minimum Gasteiger partial charge on any atom is -0.458 e. The monoisotopic (exact) mass is 366 g/mol. The van der Waals surface area contributed by atoms with E-state index in [0.717, 1.165) is 19.3 Å². The number of halogens is 1. The average Bonchev–Trinajstić information content (AvgIpc) is 2.44. The molecule has 2 nitrogen and oxygen atoms in total. The highest BCUT2D eigenvalue weighted by Gasteiger charge is 2.40. The Labute approximate surface area is 125 Å². The third-order valence-electron chi connectivity index (χ3n) is 4.46. The molecule has 0 saturated heterocycles. The maximum atomic E-state index is 12.1. The van der Waals surface area contributed by atoms with Crippen LogP contribution >= 0.6 is 22.6 Å². The van der Waals surface area contributed by atoms with E-state index in [1.54, 1.807) is 0 Å². The number of rotatable bonds is 6. The van der Waals surface area contributed by atoms with Crippen molar-refractivity contribution in [2.45, 2.75) is 81.7 Å². The van der Waals surface area contributed by atoms with Gasteiger partial charge in [0.1, 0.15) is 9.53 Å². The van der Waals surface area contributed by atoms with E-state index in [0.29, 0.717) is 5.92 Å². The van der Waals surface area contributed by atoms with Crippen LogP contribution in [0.15, 0.2) is 0 Å². The second-order valence-electron chi connectivity index (χ2n) is 5.40. The van der Waals surface area contributed by atoms with Crippen LogP contribution in [0.25, 0.3) is 0 Å². The van der Waals surface area contributed by atoms with Crippen molar-refractivity contribution in [2.75, 3.05) is 0 Å². The Hall–Kier alpha value is 0.200. The summed E-state index contributed by atoms with van der Waals surface area (Å²) in [4.78, 5) is 12.1. The first-order chi connectivity index (χ1) is 8.59. The summed E-state index contributed by atoms with van der Waals surface area (Å²) in [6.07, 6.45) is 9.15. The van der Waals surface area contributed by atoms with Crippen molar-refractivity contribution >= 4 is 28.6 Å². The lowest BCUT2D eigenvalue weighted by atomic mass is 9.74. The summed E-state index contributed by atoms with van der Waals surface area (Å²) in [5, 5.41) is 0. The zero-order valence-corrected chi connectivity index (χ0v) is 14.2. The van der Waals surface area contributed by atoms with Crippen LogP contribution in [0.1, 0.15) is 72.1 Å². The molecular formula is C15H27IO2. The Bertz CT molecular complexity index is 255. The molecule has 3 heteroatoms. The van der Waals surface area contributed by atoms with Crippen LogP contribution in [0.2, 0.25) is 0 Å². The maximum Gasteiger partial charge on any atom is 0.319 e. The second kappa shape index (κ2) is 7.71. The molecule has 1 atom stereocenters. The SMILES string of the molecule is CCC(I)C(=O)OC(CC)(CC)C1CCCCC1. The first-order valence-corrected chi connectivity index (χ1v) is 8.71. The topological polar surface area (TPSA) is 26.3 Å². The van der Waals surface area contributed by atoms with E-state index in [1.807, 2.05) is 6.92 Å². The summed E-state index contributed by atoms with van der Waals surface area (Å²) in [6.45, 7) is 6.37. The molecule has 0 heterocycles. The summed E-state index contributed by atoms with van der Waals surface area (Å²) in [5.74, 6) is 0.568. The molecule has 0 aromatic carbocycles. The molecule has 18 heavy (non-hydrogen) atoms. The van der Waals surface area contributed by atoms with Crippen LogP contribution in [0.5, 0.6) is 0 Å². The molecule has 0 N–H and O–H groups in total. The number of carbonyl (C=O) groups is 1. The van der Waals surface area contributed by atoms with Gasteiger partial charge in [-0.1, -0.05) is 62.6 Å². The van der Waals surface area contributed by atoms with Gasteiger partial charge in [-0.15, -0.1) is 0 Å². The lowest BCUT2D eigenvalue weighted by molar-refractivity contribution is -0.168. The quantitative estimate of drug-likeness (QED) is 0.380. The Kier molecular flexibility index (Phi) is 6.96. The summed E-state index contributed by atoms with van der Waals surface area (Å²) in [5.41, 5.74) is -0.198. The van der Waals surface area contributed by atoms with Crippen LogP contribution in [0.4, 0.5) is 0 Å². The van der Waals surface area contributed by atoms with Gasteiger partial charge in [0, 0.05) is 0 Å². The van der Waals surface area contributed by atoms with Crippen LogP contribution < -0.4 is 0 Å². The van der Waals surface area contributed by atoms with E-state index < -0.39 is 0 Å². The lowest BCUT2D eigenvalue weighted by Gasteiger charge is -2.41. The van der Waals surface area contributed by atoms with E-state index in [4.69, 9.17) is 4.74 Å². The molecule has 1 rings (SSSR count). The summed E-state index contributed by atoms with van der Waals surface area (Å²) < 4.78 is 5.99. The van der Waals surface area contributed by atoms with Crippen molar-refractivity contribution in [3.8, 4) is 0 Å². The molecule has 0 aliphatic heterocycles. The van der Waals surface area contributed by atoms with E-state index >= 15 is 0 Å². The molecule has 0 spiro atoms. The van der Waals surface area contributed by atoms with E-state index in [9.17, 15) is 4.79 Å². The fourth-order valence-corrected chi connectivity index (χ4v) is 3.24. The summed E-state index contributed by atoms with van der Waals surface area (Å²) in [6, 6.07) is 0. The highest BCUT2D eigenvalue weighted by Crippen LogP contribution is 2.40. The van der Waals surface area contributed by atoms with Crippen molar-refractivity contribution in [1.29, 1.82) is 0 Å². The van der Waals surface area contributed by atoms with Gasteiger partial charge >= 0.3 is 5.97 Å². The summed E-state index contributed by atoms with van der Waals surface area (Å²) >= 11 is 2.20. The fourth-order valence-electron chi connectivity index (χ4n) is 3.11. The molecule has 1 saturated carbocycles. The van der Waals surface area contributed by atoms with Crippen molar-refractivity contribution in [3.63, 3.8) is 0 Å². The highest BCUT2D eigenvalue weighted by molar-refractivity contribution is 14.1. The van der Waals surface area contributed by atoms with Crippen molar-refractivity contribution in [3.05, 3.63) is 0 Å². The second-order valence-corrected chi connectivity index (χ2v) is 6.91. The molecule has 0 bridgehead atoms. The minimum atomic E-state index is -0.198. The standard InChI is InChI=1S/C15H27IO2/c1-4-13(16)14(17)18-15(5-2,6-3)12-10-8-7-9-11-12/h12-13H,4-11H2,1-3H3. The van der Waals surface area contributed by atoms with Crippen molar-refractivity contribution in [2.24, 2.45) is 5.92 Å². The molecule has 0 amide bonds. The van der Waals surface area contributed by atoms with Crippen molar-refractivity contribution in [1.82, 2.24) is 0 Å². The predicted octanol–water partition coefficient (Wildman–Crippen LogP) is 4.88. The van der Waals surface area contributed by atoms with Crippen LogP contribution in [-0.4, -0.2) is 15.5 Å². The van der Waals surface area contributed by atoms with Gasteiger partial charge in [0.15, 0.2) is 0 Å². The van der Waals surface area contributed by atoms with Gasteiger partial charge in [-0.3, -0.25) is 4.79 Å². The lowest BCUT2D eigenvalue weighted by Crippen LogP contribution is -2.44. The van der Waals surface area contributed by atoms with Gasteiger partial charge in [0.2, 0.25) is 0 Å². The van der Waals surface area contributed by atoms with Gasteiger partial charge in [0.05, 0.1) is 0 Å². The molecule has 1 aliphatic rings. The Balaban J connectivity index is 2.75.